The van der Waals surface area contributed by atoms with E-state index in [0.717, 1.165) is 6.92 Å². The lowest BCUT2D eigenvalue weighted by Crippen LogP contribution is -2.07. The van der Waals surface area contributed by atoms with Crippen LogP contribution in [0.3, 0.4) is 0 Å². The van der Waals surface area contributed by atoms with Crippen LogP contribution >= 0.6 is 0 Å². The Kier molecular flexibility index (Phi) is 9.48. The Balaban J connectivity index is 0. The van der Waals surface area contributed by atoms with Gasteiger partial charge in [0.15, 0.2) is 6.67 Å². The summed E-state index contributed by atoms with van der Waals surface area (Å²) in [6, 6.07) is 1.55. The molecule has 0 aliphatic rings. The number of hydrogen-bond donors (Lipinski definition) is 1. The minimum atomic E-state index is -1.41. The lowest BCUT2D eigenvalue weighted by Gasteiger charge is -1.90. The summed E-state index contributed by atoms with van der Waals surface area (Å²) < 4.78 is 14.5. The van der Waals surface area contributed by atoms with Crippen molar-refractivity contribution in [2.24, 2.45) is 0 Å². The molecule has 14 heavy (non-hydrogen) atoms. The molecule has 0 aromatic heterocycles. The van der Waals surface area contributed by atoms with Crippen molar-refractivity contribution in [2.75, 3.05) is 6.67 Å². The van der Waals surface area contributed by atoms with Crippen LogP contribution in [-0.2, 0) is 19.1 Å². The standard InChI is InChI=1S/C5H5NO3.C2H3FO2/c1-4(7)9-5(8)2-3-6;3-1-2(4)5/h2H2,1H3;1H2,(H,4,5). The molecule has 0 saturated carbocycles. The first-order chi connectivity index (χ1) is 6.43. The van der Waals surface area contributed by atoms with E-state index in [4.69, 9.17) is 15.2 Å². The molecule has 0 spiro atoms. The van der Waals surface area contributed by atoms with Gasteiger partial charge in [0.05, 0.1) is 6.07 Å². The van der Waals surface area contributed by atoms with Crippen LogP contribution in [0.2, 0.25) is 0 Å². The fraction of sp³-hybridized carbons (Fsp3) is 0.429. The molecule has 0 amide bonds. The van der Waals surface area contributed by atoms with Gasteiger partial charge < -0.3 is 9.84 Å². The highest BCUT2D eigenvalue weighted by Gasteiger charge is 2.02. The van der Waals surface area contributed by atoms with E-state index >= 15 is 0 Å². The zero-order chi connectivity index (χ0) is 11.6. The number of alkyl halides is 1. The third-order valence-electron chi connectivity index (χ3n) is 0.595. The number of hydrogen-bond acceptors (Lipinski definition) is 5. The molecule has 0 aromatic rings. The first-order valence-corrected chi connectivity index (χ1v) is 3.30. The molecule has 0 fully saturated rings. The van der Waals surface area contributed by atoms with Crippen molar-refractivity contribution in [2.45, 2.75) is 13.3 Å². The van der Waals surface area contributed by atoms with Gasteiger partial charge in [-0.1, -0.05) is 0 Å². The molecule has 0 aliphatic heterocycles. The predicted molar refractivity (Wildman–Crippen MR) is 40.6 cm³/mol. The molecule has 1 N–H and O–H groups in total. The molecule has 78 valence electrons. The van der Waals surface area contributed by atoms with Crippen molar-refractivity contribution in [1.29, 1.82) is 5.26 Å². The minimum Gasteiger partial charge on any atom is -0.479 e. The number of halogens is 1. The number of nitrogens with zero attached hydrogens (tertiary/aromatic N) is 1. The van der Waals surface area contributed by atoms with Crippen LogP contribution in [0.4, 0.5) is 4.39 Å². The smallest absolute Gasteiger partial charge is 0.335 e. The van der Waals surface area contributed by atoms with Gasteiger partial charge in [-0.05, 0) is 0 Å². The number of carbonyl (C=O) groups is 3. The van der Waals surface area contributed by atoms with Crippen LogP contribution < -0.4 is 0 Å². The molecule has 0 heterocycles. The van der Waals surface area contributed by atoms with Gasteiger partial charge in [0.2, 0.25) is 0 Å². The first kappa shape index (κ1) is 14.5. The molecule has 0 rings (SSSR count). The van der Waals surface area contributed by atoms with E-state index in [0.29, 0.717) is 0 Å². The Morgan fingerprint density at radius 1 is 1.50 bits per heavy atom. The molecular weight excluding hydrogens is 197 g/mol. The average Bonchev–Trinajstić information content (AvgIpc) is 2.04. The second kappa shape index (κ2) is 9.12. The van der Waals surface area contributed by atoms with Gasteiger partial charge in [0, 0.05) is 6.92 Å². The molecule has 6 nitrogen and oxygen atoms in total. The van der Waals surface area contributed by atoms with Crippen molar-refractivity contribution in [1.82, 2.24) is 0 Å². The minimum absolute atomic E-state index is 0.375. The van der Waals surface area contributed by atoms with Crippen LogP contribution in [0.25, 0.3) is 0 Å². The van der Waals surface area contributed by atoms with Crippen LogP contribution in [0.1, 0.15) is 13.3 Å². The Morgan fingerprint density at radius 2 is 1.93 bits per heavy atom. The number of carboxylic acid groups (broad SMARTS) is 1. The number of ether oxygens (including phenoxy) is 1. The van der Waals surface area contributed by atoms with Crippen LogP contribution in [0, 0.1) is 11.3 Å². The average molecular weight is 205 g/mol. The Bertz CT molecular complexity index is 257. The van der Waals surface area contributed by atoms with E-state index in [1.54, 1.807) is 6.07 Å². The van der Waals surface area contributed by atoms with Crippen molar-refractivity contribution in [3.63, 3.8) is 0 Å². The largest absolute Gasteiger partial charge is 0.479 e. The van der Waals surface area contributed by atoms with Crippen molar-refractivity contribution in [3.05, 3.63) is 0 Å². The third kappa shape index (κ3) is 16.5. The van der Waals surface area contributed by atoms with Gasteiger partial charge >= 0.3 is 17.9 Å². The van der Waals surface area contributed by atoms with Gasteiger partial charge in [-0.2, -0.15) is 5.26 Å². The molecule has 0 saturated heterocycles. The van der Waals surface area contributed by atoms with Crippen LogP contribution in [-0.4, -0.2) is 29.7 Å². The fourth-order valence-corrected chi connectivity index (χ4v) is 0.261. The number of carbonyl (C=O) groups excluding carboxylic acids is 2. The summed E-state index contributed by atoms with van der Waals surface area (Å²) in [6.07, 6.45) is -0.375. The maximum absolute atomic E-state index is 10.5. The third-order valence-corrected chi connectivity index (χ3v) is 0.595. The van der Waals surface area contributed by atoms with Gasteiger partial charge in [0.25, 0.3) is 0 Å². The molecule has 0 atom stereocenters. The molecule has 0 aliphatic carbocycles. The number of nitriles is 1. The van der Waals surface area contributed by atoms with Crippen molar-refractivity contribution >= 4 is 17.9 Å². The number of aliphatic carboxylic acids is 1. The highest BCUT2D eigenvalue weighted by molar-refractivity contribution is 5.85. The van der Waals surface area contributed by atoms with Crippen molar-refractivity contribution < 1.29 is 28.6 Å². The molecule has 0 aromatic carbocycles. The van der Waals surface area contributed by atoms with E-state index in [9.17, 15) is 14.0 Å². The van der Waals surface area contributed by atoms with E-state index in [1.807, 2.05) is 0 Å². The summed E-state index contributed by atoms with van der Waals surface area (Å²) in [5, 5.41) is 15.2. The molecule has 0 radical (unpaired) electrons. The summed E-state index contributed by atoms with van der Waals surface area (Å²) in [5.74, 6) is -2.90. The van der Waals surface area contributed by atoms with E-state index < -0.39 is 24.6 Å². The van der Waals surface area contributed by atoms with E-state index in [-0.39, 0.29) is 6.42 Å². The van der Waals surface area contributed by atoms with Crippen LogP contribution in [0.15, 0.2) is 0 Å². The lowest BCUT2D eigenvalue weighted by atomic mass is 10.5. The maximum atomic E-state index is 10.5. The Morgan fingerprint density at radius 3 is 2.14 bits per heavy atom. The van der Waals surface area contributed by atoms with Gasteiger partial charge in [-0.3, -0.25) is 9.59 Å². The molecule has 0 unspecified atom stereocenters. The topological polar surface area (TPSA) is 104 Å². The molecule has 0 bridgehead atoms. The predicted octanol–water partition coefficient (Wildman–Crippen LogP) is 0.0303. The second-order valence-corrected chi connectivity index (χ2v) is 1.83. The molecule has 7 heteroatoms. The number of carboxylic acids is 1. The SMILES string of the molecule is CC(=O)OC(=O)CC#N.O=C(O)CF. The second-order valence-electron chi connectivity index (χ2n) is 1.83. The van der Waals surface area contributed by atoms with Crippen molar-refractivity contribution in [3.8, 4) is 6.07 Å². The molecular formula is C7H8FNO5. The Labute approximate surface area is 78.9 Å². The number of esters is 2. The highest BCUT2D eigenvalue weighted by Crippen LogP contribution is 1.83. The summed E-state index contributed by atoms with van der Waals surface area (Å²) >= 11 is 0. The lowest BCUT2D eigenvalue weighted by molar-refractivity contribution is -0.157. The van der Waals surface area contributed by atoms with Gasteiger partial charge in [0.1, 0.15) is 6.42 Å². The number of rotatable bonds is 2. The summed E-state index contributed by atoms with van der Waals surface area (Å²) in [4.78, 5) is 29.2. The zero-order valence-corrected chi connectivity index (χ0v) is 7.32. The first-order valence-electron chi connectivity index (χ1n) is 3.30. The normalized spacial score (nSPS) is 7.50. The van der Waals surface area contributed by atoms with E-state index in [1.165, 1.54) is 0 Å². The zero-order valence-electron chi connectivity index (χ0n) is 7.32. The summed E-state index contributed by atoms with van der Waals surface area (Å²) in [5.41, 5.74) is 0. The summed E-state index contributed by atoms with van der Waals surface area (Å²) in [6.45, 7) is -0.171. The Hall–Kier alpha value is -1.97. The highest BCUT2D eigenvalue weighted by atomic mass is 19.1. The monoisotopic (exact) mass is 205 g/mol. The summed E-state index contributed by atoms with van der Waals surface area (Å²) in [7, 11) is 0. The van der Waals surface area contributed by atoms with Gasteiger partial charge in [-0.15, -0.1) is 0 Å². The quantitative estimate of drug-likeness (QED) is 0.503. The maximum Gasteiger partial charge on any atom is 0.335 e. The van der Waals surface area contributed by atoms with E-state index in [2.05, 4.69) is 4.74 Å². The fourth-order valence-electron chi connectivity index (χ4n) is 0.261. The van der Waals surface area contributed by atoms with Gasteiger partial charge in [-0.25, -0.2) is 9.18 Å². The van der Waals surface area contributed by atoms with Crippen LogP contribution in [0.5, 0.6) is 0 Å².